The van der Waals surface area contributed by atoms with E-state index in [9.17, 15) is 0 Å². The summed E-state index contributed by atoms with van der Waals surface area (Å²) in [6.45, 7) is 1.86. The van der Waals surface area contributed by atoms with Gasteiger partial charge in [0, 0.05) is 11.1 Å². The summed E-state index contributed by atoms with van der Waals surface area (Å²) in [5.41, 5.74) is 2.12. The fourth-order valence-corrected chi connectivity index (χ4v) is 1.65. The molecule has 0 bridgehead atoms. The van der Waals surface area contributed by atoms with Crippen molar-refractivity contribution in [2.75, 3.05) is 5.32 Å². The molecule has 0 aliphatic rings. The molecule has 0 saturated heterocycles. The third-order valence-corrected chi connectivity index (χ3v) is 2.63. The molecular formula is C13H8N6. The van der Waals surface area contributed by atoms with Crippen LogP contribution in [-0.2, 0) is 0 Å². The van der Waals surface area contributed by atoms with E-state index in [1.165, 1.54) is 0 Å². The van der Waals surface area contributed by atoms with E-state index in [4.69, 9.17) is 15.8 Å². The number of benzene rings is 1. The highest BCUT2D eigenvalue weighted by Gasteiger charge is 2.09. The normalized spacial score (nSPS) is 9.16. The largest absolute Gasteiger partial charge is 0.345 e. The zero-order valence-electron chi connectivity index (χ0n) is 10.0. The first-order chi connectivity index (χ1) is 9.19. The maximum absolute atomic E-state index is 8.99. The molecule has 19 heavy (non-hydrogen) atoms. The lowest BCUT2D eigenvalue weighted by molar-refractivity contribution is 1.12. The van der Waals surface area contributed by atoms with Gasteiger partial charge >= 0.3 is 0 Å². The van der Waals surface area contributed by atoms with Crippen LogP contribution in [0.15, 0.2) is 29.6 Å². The first-order valence-electron chi connectivity index (χ1n) is 5.35. The smallest absolute Gasteiger partial charge is 0.163 e. The number of nitriles is 3. The van der Waals surface area contributed by atoms with E-state index in [-0.39, 0.29) is 11.3 Å². The lowest BCUT2D eigenvalue weighted by Crippen LogP contribution is -2.02. The summed E-state index contributed by atoms with van der Waals surface area (Å²) in [5.74, 6) is 0. The summed E-state index contributed by atoms with van der Waals surface area (Å²) in [4.78, 5) is 0. The van der Waals surface area contributed by atoms with Gasteiger partial charge in [0.2, 0.25) is 0 Å². The molecule has 6 heteroatoms. The Kier molecular flexibility index (Phi) is 3.14. The maximum Gasteiger partial charge on any atom is 0.163 e. The van der Waals surface area contributed by atoms with Gasteiger partial charge in [-0.1, -0.05) is 0 Å². The summed E-state index contributed by atoms with van der Waals surface area (Å²) in [5, 5.41) is 37.0. The fraction of sp³-hybridized carbons (Fsp3) is 0.0769. The Balaban J connectivity index is 2.50. The van der Waals surface area contributed by atoms with Crippen LogP contribution in [0.2, 0.25) is 0 Å². The molecule has 0 saturated carbocycles. The van der Waals surface area contributed by atoms with Crippen LogP contribution in [0.1, 0.15) is 5.56 Å². The van der Waals surface area contributed by atoms with E-state index in [2.05, 4.69) is 15.5 Å². The topological polar surface area (TPSA) is 112 Å². The molecule has 0 radical (unpaired) electrons. The molecule has 1 aromatic heterocycles. The van der Waals surface area contributed by atoms with Crippen LogP contribution < -0.4 is 5.32 Å². The predicted octanol–water partition coefficient (Wildman–Crippen LogP) is 2.11. The Morgan fingerprint density at radius 2 is 1.95 bits per heavy atom. The van der Waals surface area contributed by atoms with Crippen molar-refractivity contribution in [3.8, 4) is 18.2 Å². The van der Waals surface area contributed by atoms with Crippen molar-refractivity contribution in [2.24, 2.45) is 0 Å². The lowest BCUT2D eigenvalue weighted by atomic mass is 10.1. The van der Waals surface area contributed by atoms with E-state index in [1.807, 2.05) is 19.1 Å². The first-order valence-corrected chi connectivity index (χ1v) is 5.35. The quantitative estimate of drug-likeness (QED) is 0.790. The third kappa shape index (κ3) is 2.22. The van der Waals surface area contributed by atoms with Gasteiger partial charge in [-0.25, -0.2) is 0 Å². The molecule has 1 aromatic carbocycles. The number of nitrogens with one attached hydrogen (secondary N) is 2. The monoisotopic (exact) mass is 248 g/mol. The number of aromatic amines is 1. The molecular weight excluding hydrogens is 240 g/mol. The van der Waals surface area contributed by atoms with E-state index in [0.717, 1.165) is 16.5 Å². The molecule has 0 amide bonds. The van der Waals surface area contributed by atoms with Crippen LogP contribution in [0.4, 0.5) is 5.69 Å². The minimum Gasteiger partial charge on any atom is -0.345 e. The molecule has 6 nitrogen and oxygen atoms in total. The van der Waals surface area contributed by atoms with Crippen molar-refractivity contribution in [3.05, 3.63) is 35.2 Å². The SMILES string of the molecule is Cc1cc2[nH]ncc2cc1NC(C#N)=C(C#N)C#N. The Bertz CT molecular complexity index is 775. The number of fused-ring (bicyclic) bond motifs is 1. The number of H-pyrrole nitrogens is 1. The van der Waals surface area contributed by atoms with E-state index in [1.54, 1.807) is 24.4 Å². The van der Waals surface area contributed by atoms with Crippen molar-refractivity contribution < 1.29 is 0 Å². The molecule has 0 fully saturated rings. The molecule has 0 spiro atoms. The number of allylic oxidation sites excluding steroid dienone is 2. The molecule has 2 aromatic rings. The molecule has 2 N–H and O–H groups in total. The van der Waals surface area contributed by atoms with Crippen LogP contribution >= 0.6 is 0 Å². The molecule has 2 rings (SSSR count). The predicted molar refractivity (Wildman–Crippen MR) is 68.3 cm³/mol. The van der Waals surface area contributed by atoms with Gasteiger partial charge in [0.1, 0.15) is 23.9 Å². The van der Waals surface area contributed by atoms with Gasteiger partial charge in [-0.05, 0) is 24.6 Å². The summed E-state index contributed by atoms with van der Waals surface area (Å²) < 4.78 is 0. The van der Waals surface area contributed by atoms with Crippen molar-refractivity contribution >= 4 is 16.6 Å². The summed E-state index contributed by atoms with van der Waals surface area (Å²) in [7, 11) is 0. The van der Waals surface area contributed by atoms with E-state index in [0.29, 0.717) is 5.69 Å². The first kappa shape index (κ1) is 12.2. The average Bonchev–Trinajstić information content (AvgIpc) is 2.85. The van der Waals surface area contributed by atoms with Crippen molar-refractivity contribution in [1.82, 2.24) is 10.2 Å². The molecule has 0 aliphatic carbocycles. The second kappa shape index (κ2) is 4.91. The number of rotatable bonds is 2. The van der Waals surface area contributed by atoms with Gasteiger partial charge in [0.05, 0.1) is 11.7 Å². The van der Waals surface area contributed by atoms with Crippen LogP contribution in [0.5, 0.6) is 0 Å². The zero-order valence-corrected chi connectivity index (χ0v) is 10.0. The molecule has 1 heterocycles. The summed E-state index contributed by atoms with van der Waals surface area (Å²) in [6, 6.07) is 8.88. The van der Waals surface area contributed by atoms with Gasteiger partial charge in [-0.3, -0.25) is 5.10 Å². The Morgan fingerprint density at radius 3 is 2.58 bits per heavy atom. The van der Waals surface area contributed by atoms with Crippen LogP contribution in [0, 0.1) is 40.9 Å². The van der Waals surface area contributed by atoms with Gasteiger partial charge in [0.25, 0.3) is 0 Å². The summed E-state index contributed by atoms with van der Waals surface area (Å²) in [6.07, 6.45) is 1.66. The highest BCUT2D eigenvalue weighted by Crippen LogP contribution is 2.23. The fourth-order valence-electron chi connectivity index (χ4n) is 1.65. The van der Waals surface area contributed by atoms with Crippen molar-refractivity contribution in [1.29, 1.82) is 15.8 Å². The number of hydrogen-bond donors (Lipinski definition) is 2. The minimum atomic E-state index is -0.241. The number of nitrogens with zero attached hydrogens (tertiary/aromatic N) is 4. The zero-order chi connectivity index (χ0) is 13.8. The highest BCUT2D eigenvalue weighted by atomic mass is 15.1. The van der Waals surface area contributed by atoms with Gasteiger partial charge < -0.3 is 5.32 Å². The van der Waals surface area contributed by atoms with Crippen LogP contribution in [0.3, 0.4) is 0 Å². The number of anilines is 1. The van der Waals surface area contributed by atoms with Crippen molar-refractivity contribution in [3.63, 3.8) is 0 Å². The number of aromatic nitrogens is 2. The van der Waals surface area contributed by atoms with Gasteiger partial charge in [-0.15, -0.1) is 0 Å². The Hall–Kier alpha value is -3.30. The highest BCUT2D eigenvalue weighted by molar-refractivity contribution is 5.84. The van der Waals surface area contributed by atoms with Crippen LogP contribution in [0.25, 0.3) is 10.9 Å². The lowest BCUT2D eigenvalue weighted by Gasteiger charge is -2.08. The number of hydrogen-bond acceptors (Lipinski definition) is 5. The summed E-state index contributed by atoms with van der Waals surface area (Å²) >= 11 is 0. The van der Waals surface area contributed by atoms with Gasteiger partial charge in [0.15, 0.2) is 5.57 Å². The van der Waals surface area contributed by atoms with Crippen molar-refractivity contribution in [2.45, 2.75) is 6.92 Å². The standard InChI is InChI=1S/C13H8N6/c1-8-2-12-9(7-17-19-12)3-11(8)18-13(6-16)10(4-14)5-15/h2-3,7,18H,1H3,(H,17,19). The minimum absolute atomic E-state index is 0.0593. The molecule has 90 valence electrons. The average molecular weight is 248 g/mol. The molecule has 0 aliphatic heterocycles. The maximum atomic E-state index is 8.99. The number of aryl methyl sites for hydroxylation is 1. The Morgan fingerprint density at radius 1 is 1.21 bits per heavy atom. The van der Waals surface area contributed by atoms with Crippen LogP contribution in [-0.4, -0.2) is 10.2 Å². The Labute approximate surface area is 109 Å². The second-order valence-electron chi connectivity index (χ2n) is 3.83. The van der Waals surface area contributed by atoms with Gasteiger partial charge in [-0.2, -0.15) is 20.9 Å². The molecule has 0 atom stereocenters. The second-order valence-corrected chi connectivity index (χ2v) is 3.83. The van der Waals surface area contributed by atoms with E-state index < -0.39 is 0 Å². The third-order valence-electron chi connectivity index (χ3n) is 2.63. The molecule has 0 unspecified atom stereocenters. The van der Waals surface area contributed by atoms with E-state index >= 15 is 0 Å².